The van der Waals surface area contributed by atoms with Gasteiger partial charge in [-0.2, -0.15) is 4.31 Å². The van der Waals surface area contributed by atoms with Crippen molar-refractivity contribution in [2.24, 2.45) is 0 Å². The van der Waals surface area contributed by atoms with Crippen molar-refractivity contribution in [3.63, 3.8) is 0 Å². The molecule has 108 valence electrons. The lowest BCUT2D eigenvalue weighted by molar-refractivity contribution is 0.104. The summed E-state index contributed by atoms with van der Waals surface area (Å²) in [6.45, 7) is 2.07. The number of benzene rings is 1. The summed E-state index contributed by atoms with van der Waals surface area (Å²) in [6.07, 6.45) is -0.183. The summed E-state index contributed by atoms with van der Waals surface area (Å²) in [6, 6.07) is 4.55. The first-order valence-electron chi connectivity index (χ1n) is 5.66. The molecule has 1 atom stereocenters. The van der Waals surface area contributed by atoms with Crippen molar-refractivity contribution in [2.75, 3.05) is 20.7 Å². The van der Waals surface area contributed by atoms with Gasteiger partial charge in [-0.1, -0.05) is 17.7 Å². The molecule has 0 N–H and O–H groups in total. The first kappa shape index (κ1) is 16.7. The monoisotopic (exact) mass is 325 g/mol. The molecule has 0 saturated heterocycles. The lowest BCUT2D eigenvalue weighted by Gasteiger charge is -2.20. The molecule has 0 aromatic heterocycles. The number of ether oxygens (including phenoxy) is 1. The first-order chi connectivity index (χ1) is 8.82. The standard InChI is InChI=1S/C12H17Cl2NO3S/c1-9(18-3)8-15(2)19(16,17)11-5-4-10(7-13)12(14)6-11/h4-6,9H,7-8H2,1-3H3. The van der Waals surface area contributed by atoms with Gasteiger partial charge in [0.2, 0.25) is 10.0 Å². The van der Waals surface area contributed by atoms with Crippen molar-refractivity contribution in [2.45, 2.75) is 23.8 Å². The van der Waals surface area contributed by atoms with Crippen LogP contribution in [0.3, 0.4) is 0 Å². The Balaban J connectivity index is 3.03. The molecule has 0 amide bonds. The van der Waals surface area contributed by atoms with E-state index in [-0.39, 0.29) is 23.4 Å². The van der Waals surface area contributed by atoms with Crippen LogP contribution in [0.2, 0.25) is 5.02 Å². The summed E-state index contributed by atoms with van der Waals surface area (Å²) in [5.41, 5.74) is 0.704. The Labute approximate surface area is 124 Å². The fourth-order valence-electron chi connectivity index (χ4n) is 1.51. The molecule has 0 aliphatic heterocycles. The van der Waals surface area contributed by atoms with Crippen molar-refractivity contribution in [3.8, 4) is 0 Å². The number of rotatable bonds is 6. The largest absolute Gasteiger partial charge is 0.380 e. The number of hydrogen-bond donors (Lipinski definition) is 0. The average molecular weight is 326 g/mol. The van der Waals surface area contributed by atoms with E-state index < -0.39 is 10.0 Å². The molecule has 0 heterocycles. The van der Waals surface area contributed by atoms with Gasteiger partial charge in [-0.15, -0.1) is 11.6 Å². The normalized spacial score (nSPS) is 13.8. The van der Waals surface area contributed by atoms with Crippen molar-refractivity contribution < 1.29 is 13.2 Å². The fourth-order valence-corrected chi connectivity index (χ4v) is 3.40. The molecule has 1 rings (SSSR count). The second-order valence-corrected chi connectivity index (χ2v) is 6.94. The van der Waals surface area contributed by atoms with Crippen LogP contribution in [0.15, 0.2) is 23.1 Å². The van der Waals surface area contributed by atoms with Gasteiger partial charge in [-0.3, -0.25) is 0 Å². The van der Waals surface area contributed by atoms with Crippen molar-refractivity contribution in [1.82, 2.24) is 4.31 Å². The van der Waals surface area contributed by atoms with E-state index in [2.05, 4.69) is 0 Å². The Morgan fingerprint density at radius 2 is 2.05 bits per heavy atom. The molecule has 0 spiro atoms. The van der Waals surface area contributed by atoms with Gasteiger partial charge >= 0.3 is 0 Å². The first-order valence-corrected chi connectivity index (χ1v) is 8.01. The SMILES string of the molecule is COC(C)CN(C)S(=O)(=O)c1ccc(CCl)c(Cl)c1. The van der Waals surface area contributed by atoms with Crippen molar-refractivity contribution >= 4 is 33.2 Å². The molecule has 1 unspecified atom stereocenters. The van der Waals surface area contributed by atoms with Crippen LogP contribution in [0.25, 0.3) is 0 Å². The zero-order valence-electron chi connectivity index (χ0n) is 11.1. The van der Waals surface area contributed by atoms with Gasteiger partial charge in [0.1, 0.15) is 0 Å². The summed E-state index contributed by atoms with van der Waals surface area (Å²) in [5.74, 6) is 0.246. The van der Waals surface area contributed by atoms with Gasteiger partial charge in [-0.25, -0.2) is 8.42 Å². The minimum Gasteiger partial charge on any atom is -0.380 e. The molecule has 19 heavy (non-hydrogen) atoms. The second kappa shape index (κ2) is 6.90. The minimum atomic E-state index is -3.57. The van der Waals surface area contributed by atoms with Gasteiger partial charge in [0, 0.05) is 31.6 Å². The number of nitrogens with zero attached hydrogens (tertiary/aromatic N) is 1. The van der Waals surface area contributed by atoms with Crippen LogP contribution in [0.4, 0.5) is 0 Å². The molecule has 1 aromatic rings. The third-order valence-corrected chi connectivity index (χ3v) is 5.25. The number of hydrogen-bond acceptors (Lipinski definition) is 3. The van der Waals surface area contributed by atoms with Crippen LogP contribution in [-0.4, -0.2) is 39.5 Å². The minimum absolute atomic E-state index is 0.150. The highest BCUT2D eigenvalue weighted by Gasteiger charge is 2.23. The third kappa shape index (κ3) is 4.07. The molecular formula is C12H17Cl2NO3S. The van der Waals surface area contributed by atoms with Gasteiger partial charge < -0.3 is 4.74 Å². The summed E-state index contributed by atoms with van der Waals surface area (Å²) >= 11 is 11.7. The Bertz CT molecular complexity index is 534. The maximum Gasteiger partial charge on any atom is 0.242 e. The van der Waals surface area contributed by atoms with Gasteiger partial charge in [0.25, 0.3) is 0 Å². The lowest BCUT2D eigenvalue weighted by Crippen LogP contribution is -2.33. The molecular weight excluding hydrogens is 309 g/mol. The maximum absolute atomic E-state index is 12.3. The highest BCUT2D eigenvalue weighted by atomic mass is 35.5. The van der Waals surface area contributed by atoms with Crippen LogP contribution < -0.4 is 0 Å². The number of halogens is 2. The van der Waals surface area contributed by atoms with Crippen molar-refractivity contribution in [1.29, 1.82) is 0 Å². The highest BCUT2D eigenvalue weighted by Crippen LogP contribution is 2.24. The molecule has 1 aromatic carbocycles. The van der Waals surface area contributed by atoms with E-state index in [1.165, 1.54) is 30.6 Å². The zero-order chi connectivity index (χ0) is 14.6. The molecule has 0 bridgehead atoms. The van der Waals surface area contributed by atoms with Gasteiger partial charge in [0.15, 0.2) is 0 Å². The van der Waals surface area contributed by atoms with E-state index in [4.69, 9.17) is 27.9 Å². The molecule has 4 nitrogen and oxygen atoms in total. The predicted molar refractivity (Wildman–Crippen MR) is 77.3 cm³/mol. The van der Waals surface area contributed by atoms with Crippen LogP contribution in [0.1, 0.15) is 12.5 Å². The van der Waals surface area contributed by atoms with E-state index in [1.807, 2.05) is 0 Å². The van der Waals surface area contributed by atoms with Crippen LogP contribution in [0, 0.1) is 0 Å². The summed E-state index contributed by atoms with van der Waals surface area (Å²) < 4.78 is 30.9. The van der Waals surface area contributed by atoms with Crippen molar-refractivity contribution in [3.05, 3.63) is 28.8 Å². The Kier molecular flexibility index (Phi) is 6.08. The molecule has 0 aliphatic carbocycles. The van der Waals surface area contributed by atoms with Gasteiger partial charge in [-0.05, 0) is 24.6 Å². The maximum atomic E-state index is 12.3. The van der Waals surface area contributed by atoms with E-state index in [0.717, 1.165) is 0 Å². The van der Waals surface area contributed by atoms with E-state index in [0.29, 0.717) is 10.6 Å². The summed E-state index contributed by atoms with van der Waals surface area (Å²) in [5, 5.41) is 0.351. The average Bonchev–Trinajstić information content (AvgIpc) is 2.38. The predicted octanol–water partition coefficient (Wildman–Crippen LogP) is 2.73. The zero-order valence-corrected chi connectivity index (χ0v) is 13.4. The highest BCUT2D eigenvalue weighted by molar-refractivity contribution is 7.89. The topological polar surface area (TPSA) is 46.6 Å². The number of methoxy groups -OCH3 is 1. The summed E-state index contributed by atoms with van der Waals surface area (Å²) in [4.78, 5) is 0.150. The summed E-state index contributed by atoms with van der Waals surface area (Å²) in [7, 11) is -0.519. The van der Waals surface area contributed by atoms with E-state index in [1.54, 1.807) is 13.0 Å². The smallest absolute Gasteiger partial charge is 0.242 e. The molecule has 0 radical (unpaired) electrons. The van der Waals surface area contributed by atoms with E-state index >= 15 is 0 Å². The van der Waals surface area contributed by atoms with E-state index in [9.17, 15) is 8.42 Å². The number of sulfonamides is 1. The van der Waals surface area contributed by atoms with Gasteiger partial charge in [0.05, 0.1) is 11.0 Å². The molecule has 0 saturated carbocycles. The Morgan fingerprint density at radius 3 is 2.53 bits per heavy atom. The number of likely N-dealkylation sites (N-methyl/N-ethyl adjacent to an activating group) is 1. The quantitative estimate of drug-likeness (QED) is 0.755. The second-order valence-electron chi connectivity index (χ2n) is 4.22. The number of alkyl halides is 1. The van der Waals surface area contributed by atoms with Crippen LogP contribution in [-0.2, 0) is 20.6 Å². The third-order valence-electron chi connectivity index (χ3n) is 2.79. The molecule has 0 fully saturated rings. The Hall–Kier alpha value is -0.330. The van der Waals surface area contributed by atoms with Crippen LogP contribution >= 0.6 is 23.2 Å². The Morgan fingerprint density at radius 1 is 1.42 bits per heavy atom. The lowest BCUT2D eigenvalue weighted by atomic mass is 10.2. The fraction of sp³-hybridized carbons (Fsp3) is 0.500. The van der Waals surface area contributed by atoms with Crippen LogP contribution in [0.5, 0.6) is 0 Å². The molecule has 0 aliphatic rings. The molecule has 7 heteroatoms.